The fourth-order valence-electron chi connectivity index (χ4n) is 3.40. The molecule has 1 N–H and O–H groups in total. The van der Waals surface area contributed by atoms with Crippen molar-refractivity contribution in [1.82, 2.24) is 9.55 Å². The SMILES string of the molecule is C=Cc1[nH]c2ccc3c(c(/C=C\C)c(C=C)n3C)c2c1/C=C\C. The molecule has 0 aliphatic rings. The van der Waals surface area contributed by atoms with Gasteiger partial charge in [-0.3, -0.25) is 0 Å². The van der Waals surface area contributed by atoms with Gasteiger partial charge in [-0.25, -0.2) is 0 Å². The van der Waals surface area contributed by atoms with Gasteiger partial charge in [-0.05, 0) is 38.1 Å². The number of H-pyrrole nitrogens is 1. The van der Waals surface area contributed by atoms with Gasteiger partial charge in [-0.15, -0.1) is 0 Å². The molecule has 2 heterocycles. The Morgan fingerprint density at radius 2 is 1.65 bits per heavy atom. The first-order chi connectivity index (χ1) is 11.2. The van der Waals surface area contributed by atoms with Crippen LogP contribution in [-0.2, 0) is 7.05 Å². The Balaban J connectivity index is 2.63. The lowest BCUT2D eigenvalue weighted by molar-refractivity contribution is 0.954. The van der Waals surface area contributed by atoms with E-state index in [1.165, 1.54) is 27.4 Å². The van der Waals surface area contributed by atoms with Gasteiger partial charge in [-0.1, -0.05) is 37.5 Å². The summed E-state index contributed by atoms with van der Waals surface area (Å²) >= 11 is 0. The molecule has 2 nitrogen and oxygen atoms in total. The van der Waals surface area contributed by atoms with E-state index in [9.17, 15) is 0 Å². The molecule has 0 bridgehead atoms. The van der Waals surface area contributed by atoms with E-state index in [-0.39, 0.29) is 0 Å². The van der Waals surface area contributed by atoms with Crippen LogP contribution in [0.15, 0.2) is 37.4 Å². The number of nitrogens with one attached hydrogen (secondary N) is 1. The van der Waals surface area contributed by atoms with E-state index in [1.54, 1.807) is 0 Å². The number of benzene rings is 1. The number of rotatable bonds is 4. The first kappa shape index (κ1) is 15.2. The van der Waals surface area contributed by atoms with Gasteiger partial charge in [0.2, 0.25) is 0 Å². The van der Waals surface area contributed by atoms with Crippen molar-refractivity contribution in [3.8, 4) is 0 Å². The van der Waals surface area contributed by atoms with Crippen LogP contribution in [0.25, 0.3) is 46.1 Å². The predicted octanol–water partition coefficient (Wildman–Crippen LogP) is 6.01. The molecule has 0 amide bonds. The lowest BCUT2D eigenvalue weighted by Gasteiger charge is -2.00. The zero-order valence-corrected chi connectivity index (χ0v) is 14.0. The van der Waals surface area contributed by atoms with Crippen molar-refractivity contribution in [2.75, 3.05) is 0 Å². The molecule has 0 unspecified atom stereocenters. The van der Waals surface area contributed by atoms with Crippen LogP contribution in [0, 0.1) is 0 Å². The van der Waals surface area contributed by atoms with E-state index in [2.05, 4.69) is 66.2 Å². The number of hydrogen-bond acceptors (Lipinski definition) is 0. The van der Waals surface area contributed by atoms with E-state index < -0.39 is 0 Å². The molecule has 3 rings (SSSR count). The minimum atomic E-state index is 1.06. The van der Waals surface area contributed by atoms with E-state index in [1.807, 2.05) is 26.0 Å². The second kappa shape index (κ2) is 5.81. The molecular weight excluding hydrogens is 280 g/mol. The first-order valence-electron chi connectivity index (χ1n) is 7.85. The summed E-state index contributed by atoms with van der Waals surface area (Å²) in [5, 5.41) is 2.50. The smallest absolute Gasteiger partial charge is 0.0496 e. The molecule has 116 valence electrons. The van der Waals surface area contributed by atoms with Crippen molar-refractivity contribution in [3.05, 3.63) is 60.0 Å². The van der Waals surface area contributed by atoms with Crippen LogP contribution >= 0.6 is 0 Å². The normalized spacial score (nSPS) is 12.1. The molecule has 2 heteroatoms. The largest absolute Gasteiger partial charge is 0.355 e. The summed E-state index contributed by atoms with van der Waals surface area (Å²) in [6.07, 6.45) is 12.3. The highest BCUT2D eigenvalue weighted by molar-refractivity contribution is 6.15. The molecule has 0 spiro atoms. The Bertz CT molecular complexity index is 975. The number of aromatic nitrogens is 2. The molecule has 0 aliphatic heterocycles. The minimum Gasteiger partial charge on any atom is -0.355 e. The van der Waals surface area contributed by atoms with Gasteiger partial charge in [0.15, 0.2) is 0 Å². The molecule has 0 fully saturated rings. The number of aromatic amines is 1. The van der Waals surface area contributed by atoms with E-state index >= 15 is 0 Å². The summed E-state index contributed by atoms with van der Waals surface area (Å²) in [5.41, 5.74) is 6.94. The standard InChI is InChI=1S/C21H22N2/c1-6-10-14-16(8-3)22-17-12-13-19-21(20(14)17)15(11-7-2)18(9-4)23(19)5/h6-13,22H,3-4H2,1-2,5H3/b10-6-,11-7-. The van der Waals surface area contributed by atoms with E-state index in [0.717, 1.165) is 16.9 Å². The summed E-state index contributed by atoms with van der Waals surface area (Å²) in [6.45, 7) is 12.0. The Hall–Kier alpha value is -2.74. The summed E-state index contributed by atoms with van der Waals surface area (Å²) in [4.78, 5) is 3.48. The average molecular weight is 302 g/mol. The first-order valence-corrected chi connectivity index (χ1v) is 7.85. The van der Waals surface area contributed by atoms with Crippen LogP contribution in [0.2, 0.25) is 0 Å². The quantitative estimate of drug-likeness (QED) is 0.609. The van der Waals surface area contributed by atoms with Gasteiger partial charge in [0.25, 0.3) is 0 Å². The van der Waals surface area contributed by atoms with Gasteiger partial charge in [0.05, 0.1) is 0 Å². The van der Waals surface area contributed by atoms with Gasteiger partial charge < -0.3 is 9.55 Å². The highest BCUT2D eigenvalue weighted by Crippen LogP contribution is 2.37. The fourth-order valence-corrected chi connectivity index (χ4v) is 3.40. The second-order valence-electron chi connectivity index (χ2n) is 5.60. The summed E-state index contributed by atoms with van der Waals surface area (Å²) < 4.78 is 2.21. The van der Waals surface area contributed by atoms with Gasteiger partial charge in [0, 0.05) is 51.4 Å². The van der Waals surface area contributed by atoms with E-state index in [0.29, 0.717) is 0 Å². The molecule has 0 saturated carbocycles. The Morgan fingerprint density at radius 3 is 2.26 bits per heavy atom. The molecule has 23 heavy (non-hydrogen) atoms. The lowest BCUT2D eigenvalue weighted by Crippen LogP contribution is -1.90. The zero-order valence-electron chi connectivity index (χ0n) is 14.0. The highest BCUT2D eigenvalue weighted by Gasteiger charge is 2.17. The molecule has 2 aromatic heterocycles. The third-order valence-corrected chi connectivity index (χ3v) is 4.34. The van der Waals surface area contributed by atoms with E-state index in [4.69, 9.17) is 0 Å². The van der Waals surface area contributed by atoms with Crippen LogP contribution in [0.1, 0.15) is 36.4 Å². The Labute approximate surface area is 137 Å². The topological polar surface area (TPSA) is 20.7 Å². The van der Waals surface area contributed by atoms with Gasteiger partial charge >= 0.3 is 0 Å². The third-order valence-electron chi connectivity index (χ3n) is 4.34. The van der Waals surface area contributed by atoms with Crippen molar-refractivity contribution in [2.45, 2.75) is 13.8 Å². The Morgan fingerprint density at radius 1 is 0.957 bits per heavy atom. The number of hydrogen-bond donors (Lipinski definition) is 1. The molecule has 3 aromatic rings. The van der Waals surface area contributed by atoms with Crippen LogP contribution in [0.4, 0.5) is 0 Å². The molecule has 0 aliphatic carbocycles. The van der Waals surface area contributed by atoms with Gasteiger partial charge in [0.1, 0.15) is 0 Å². The molecule has 1 aromatic carbocycles. The Kier molecular flexibility index (Phi) is 3.83. The lowest BCUT2D eigenvalue weighted by atomic mass is 10.0. The maximum atomic E-state index is 4.00. The van der Waals surface area contributed by atoms with Gasteiger partial charge in [-0.2, -0.15) is 0 Å². The molecular formula is C21H22N2. The maximum Gasteiger partial charge on any atom is 0.0496 e. The van der Waals surface area contributed by atoms with Crippen LogP contribution < -0.4 is 0 Å². The highest BCUT2D eigenvalue weighted by atomic mass is 14.9. The molecule has 0 saturated heterocycles. The summed E-state index contributed by atoms with van der Waals surface area (Å²) in [6, 6.07) is 4.31. The molecule has 0 atom stereocenters. The van der Waals surface area contributed by atoms with Crippen molar-refractivity contribution < 1.29 is 0 Å². The number of allylic oxidation sites excluding steroid dienone is 2. The van der Waals surface area contributed by atoms with Crippen LogP contribution in [0.3, 0.4) is 0 Å². The second-order valence-corrected chi connectivity index (χ2v) is 5.60. The minimum absolute atomic E-state index is 1.06. The fraction of sp³-hybridized carbons (Fsp3) is 0.143. The van der Waals surface area contributed by atoms with Crippen molar-refractivity contribution in [2.24, 2.45) is 7.05 Å². The number of aryl methyl sites for hydroxylation is 1. The third kappa shape index (κ3) is 2.10. The maximum absolute atomic E-state index is 4.00. The van der Waals surface area contributed by atoms with Crippen LogP contribution in [-0.4, -0.2) is 9.55 Å². The summed E-state index contributed by atoms with van der Waals surface area (Å²) in [7, 11) is 2.09. The zero-order chi connectivity index (χ0) is 16.6. The molecule has 0 radical (unpaired) electrons. The monoisotopic (exact) mass is 302 g/mol. The van der Waals surface area contributed by atoms with Crippen molar-refractivity contribution in [1.29, 1.82) is 0 Å². The average Bonchev–Trinajstić information content (AvgIpc) is 3.04. The number of fused-ring (bicyclic) bond motifs is 3. The predicted molar refractivity (Wildman–Crippen MR) is 104 cm³/mol. The number of nitrogens with zero attached hydrogens (tertiary/aromatic N) is 1. The van der Waals surface area contributed by atoms with Crippen molar-refractivity contribution in [3.63, 3.8) is 0 Å². The van der Waals surface area contributed by atoms with Crippen LogP contribution in [0.5, 0.6) is 0 Å². The summed E-state index contributed by atoms with van der Waals surface area (Å²) in [5.74, 6) is 0. The van der Waals surface area contributed by atoms with Crippen molar-refractivity contribution >= 4 is 46.1 Å².